The molecule has 0 bridgehead atoms. The molecule has 0 fully saturated rings. The Morgan fingerprint density at radius 3 is 1.49 bits per heavy atom. The average molecular weight is 818 g/mol. The first-order valence-corrected chi connectivity index (χ1v) is 18.1. The average Bonchev–Trinajstić information content (AvgIpc) is 3.08. The largest absolute Gasteiger partial charge is 0.435 e. The van der Waals surface area contributed by atoms with Gasteiger partial charge in [-0.15, -0.1) is 9.66 Å². The van der Waals surface area contributed by atoms with E-state index in [-0.39, 0.29) is 38.0 Å². The van der Waals surface area contributed by atoms with Gasteiger partial charge in [0.2, 0.25) is 0 Å². The minimum absolute atomic E-state index is 0.00759. The number of nitrogens with zero attached hydrogens (tertiary/aromatic N) is 2. The van der Waals surface area contributed by atoms with Crippen LogP contribution >= 0.6 is 15.9 Å². The van der Waals surface area contributed by atoms with Crippen molar-refractivity contribution < 1.29 is 58.2 Å². The second kappa shape index (κ2) is 20.2. The maximum Gasteiger partial charge on any atom is 0.387 e. The van der Waals surface area contributed by atoms with E-state index >= 15 is 0 Å². The SMILES string of the molecule is Cc1ccc(S(=O)(=O)NNS(=O)(=O)c2ccc(C)cc2)cc1.O=C(CBr)c1cccc(OC(F)F)c1.[N-]=[N+]=CC(=O)c1cccc(OC(F)F)c1. The highest BCUT2D eigenvalue weighted by molar-refractivity contribution is 9.09. The van der Waals surface area contributed by atoms with Crippen molar-refractivity contribution in [2.75, 3.05) is 5.33 Å². The van der Waals surface area contributed by atoms with Gasteiger partial charge in [-0.2, -0.15) is 22.4 Å². The fourth-order valence-electron chi connectivity index (χ4n) is 3.54. The number of nitrogens with one attached hydrogen (secondary N) is 2. The molecular formula is C32H29BrF4N4O8S2. The van der Waals surface area contributed by atoms with E-state index in [2.05, 4.69) is 30.2 Å². The lowest BCUT2D eigenvalue weighted by Gasteiger charge is -2.09. The van der Waals surface area contributed by atoms with E-state index < -0.39 is 39.1 Å². The van der Waals surface area contributed by atoms with E-state index in [0.717, 1.165) is 17.2 Å². The van der Waals surface area contributed by atoms with Gasteiger partial charge in [-0.25, -0.2) is 16.8 Å². The topological polar surface area (TPSA) is 181 Å². The van der Waals surface area contributed by atoms with Gasteiger partial charge in [-0.05, 0) is 62.4 Å². The Kier molecular flexibility index (Phi) is 16.8. The van der Waals surface area contributed by atoms with Gasteiger partial charge in [0, 0.05) is 11.1 Å². The summed E-state index contributed by atoms with van der Waals surface area (Å²) in [6.45, 7) is -2.17. The van der Waals surface area contributed by atoms with Crippen LogP contribution in [-0.4, -0.2) is 58.0 Å². The lowest BCUT2D eigenvalue weighted by Crippen LogP contribution is -2.41. The van der Waals surface area contributed by atoms with E-state index in [4.69, 9.17) is 5.53 Å². The number of rotatable bonds is 13. The second-order valence-corrected chi connectivity index (χ2v) is 13.7. The van der Waals surface area contributed by atoms with Crippen LogP contribution in [0.3, 0.4) is 0 Å². The summed E-state index contributed by atoms with van der Waals surface area (Å²) in [7, 11) is -7.93. The highest BCUT2D eigenvalue weighted by atomic mass is 79.9. The first-order chi connectivity index (χ1) is 24.0. The minimum Gasteiger partial charge on any atom is -0.435 e. The lowest BCUT2D eigenvalue weighted by molar-refractivity contribution is -0.0505. The Balaban J connectivity index is 0.000000275. The van der Waals surface area contributed by atoms with Crippen LogP contribution in [-0.2, 0) is 20.0 Å². The summed E-state index contributed by atoms with van der Waals surface area (Å²) in [5, 5.41) is 0.158. The molecular weight excluding hydrogens is 788 g/mol. The highest BCUT2D eigenvalue weighted by Gasteiger charge is 2.19. The standard InChI is InChI=1S/C14H16N2O4S2.C9H7BrF2O2.C9H6F2N2O2/c1-11-3-7-13(8-4-11)21(17,18)15-16-22(19,20)14-9-5-12(2)6-10-14;10-5-8(13)6-2-1-3-7(4-6)14-9(11)12;10-9(11)15-7-3-1-2-6(4-7)8(14)5-13-12/h3-10,15-16H,1-2H3;1-4,9H,5H2;1-5,9H. The number of hydrogen-bond donors (Lipinski definition) is 2. The molecule has 0 amide bonds. The van der Waals surface area contributed by atoms with E-state index in [1.165, 1.54) is 60.7 Å². The van der Waals surface area contributed by atoms with Crippen molar-refractivity contribution in [2.45, 2.75) is 36.9 Å². The quantitative estimate of drug-likeness (QED) is 0.0308. The molecule has 4 aromatic carbocycles. The van der Waals surface area contributed by atoms with Gasteiger partial charge < -0.3 is 15.0 Å². The first kappa shape index (κ1) is 42.4. The summed E-state index contributed by atoms with van der Waals surface area (Å²) in [6, 6.07) is 23.0. The third-order valence-electron chi connectivity index (χ3n) is 5.99. The summed E-state index contributed by atoms with van der Waals surface area (Å²) in [6.07, 6.45) is 0.668. The summed E-state index contributed by atoms with van der Waals surface area (Å²) in [4.78, 5) is 28.5. The van der Waals surface area contributed by atoms with Gasteiger partial charge in [0.15, 0.2) is 5.78 Å². The van der Waals surface area contributed by atoms with Gasteiger partial charge in [-0.3, -0.25) is 9.59 Å². The summed E-state index contributed by atoms with van der Waals surface area (Å²) < 4.78 is 104. The van der Waals surface area contributed by atoms with Crippen molar-refractivity contribution in [1.82, 2.24) is 9.66 Å². The maximum atomic E-state index is 12.0. The number of ether oxygens (including phenoxy) is 2. The number of Topliss-reactive ketones (excluding diaryl/α,β-unsaturated/α-hetero) is 2. The molecule has 0 aliphatic rings. The first-order valence-electron chi connectivity index (χ1n) is 14.0. The van der Waals surface area contributed by atoms with E-state index in [1.807, 2.05) is 23.5 Å². The summed E-state index contributed by atoms with van der Waals surface area (Å²) >= 11 is 2.99. The Morgan fingerprint density at radius 2 is 1.12 bits per heavy atom. The molecule has 2 N–H and O–H groups in total. The number of benzene rings is 4. The van der Waals surface area contributed by atoms with Crippen molar-refractivity contribution in [3.05, 3.63) is 125 Å². The molecule has 0 unspecified atom stereocenters. The van der Waals surface area contributed by atoms with Crippen molar-refractivity contribution in [3.8, 4) is 11.5 Å². The van der Waals surface area contributed by atoms with E-state index in [9.17, 15) is 44.0 Å². The van der Waals surface area contributed by atoms with Gasteiger partial charge in [0.05, 0.1) is 15.1 Å². The van der Waals surface area contributed by atoms with Crippen LogP contribution in [0, 0.1) is 13.8 Å². The number of carbonyl (C=O) groups is 2. The summed E-state index contributed by atoms with van der Waals surface area (Å²) in [5.41, 5.74) is 10.4. The molecule has 0 atom stereocenters. The number of halogens is 5. The molecule has 0 aliphatic heterocycles. The predicted octanol–water partition coefficient (Wildman–Crippen LogP) is 6.11. The number of sulfonamides is 2. The fourth-order valence-corrected chi connectivity index (χ4v) is 5.96. The number of hydrazine groups is 1. The molecule has 0 aliphatic carbocycles. The molecule has 0 radical (unpaired) electrons. The zero-order valence-electron chi connectivity index (χ0n) is 26.5. The fraction of sp³-hybridized carbons (Fsp3) is 0.156. The van der Waals surface area contributed by atoms with Crippen molar-refractivity contribution in [2.24, 2.45) is 0 Å². The second-order valence-electron chi connectivity index (χ2n) is 9.82. The monoisotopic (exact) mass is 816 g/mol. The summed E-state index contributed by atoms with van der Waals surface area (Å²) in [5.74, 6) is -0.907. The van der Waals surface area contributed by atoms with Crippen molar-refractivity contribution in [1.29, 1.82) is 0 Å². The molecule has 12 nitrogen and oxygen atoms in total. The van der Waals surface area contributed by atoms with Crippen LogP contribution in [0.25, 0.3) is 5.53 Å². The molecule has 19 heteroatoms. The van der Waals surface area contributed by atoms with Crippen LogP contribution < -0.4 is 19.1 Å². The van der Waals surface area contributed by atoms with Crippen LogP contribution in [0.4, 0.5) is 17.6 Å². The van der Waals surface area contributed by atoms with Gasteiger partial charge >= 0.3 is 19.4 Å². The van der Waals surface area contributed by atoms with Gasteiger partial charge in [0.25, 0.3) is 25.8 Å². The molecule has 51 heavy (non-hydrogen) atoms. The molecule has 0 saturated carbocycles. The Hall–Kier alpha value is -4.78. The third kappa shape index (κ3) is 14.9. The normalized spacial score (nSPS) is 10.9. The van der Waals surface area contributed by atoms with E-state index in [0.29, 0.717) is 11.8 Å². The Morgan fingerprint density at radius 1 is 0.725 bits per heavy atom. The van der Waals surface area contributed by atoms with Crippen LogP contribution in [0.2, 0.25) is 0 Å². The number of aryl methyl sites for hydroxylation is 2. The molecule has 0 heterocycles. The van der Waals surface area contributed by atoms with E-state index in [1.54, 1.807) is 30.3 Å². The van der Waals surface area contributed by atoms with Crippen LogP contribution in [0.5, 0.6) is 11.5 Å². The van der Waals surface area contributed by atoms with Crippen molar-refractivity contribution >= 4 is 53.8 Å². The van der Waals surface area contributed by atoms with Crippen LogP contribution in [0.1, 0.15) is 31.8 Å². The lowest BCUT2D eigenvalue weighted by atomic mass is 10.1. The molecule has 0 aromatic heterocycles. The number of ketones is 2. The molecule has 0 spiro atoms. The van der Waals surface area contributed by atoms with Gasteiger partial charge in [-0.1, -0.05) is 75.6 Å². The van der Waals surface area contributed by atoms with Crippen molar-refractivity contribution in [3.63, 3.8) is 0 Å². The number of alkyl halides is 5. The maximum absolute atomic E-state index is 12.0. The smallest absolute Gasteiger partial charge is 0.387 e. The van der Waals surface area contributed by atoms with Gasteiger partial charge in [0.1, 0.15) is 11.5 Å². The number of hydrogen-bond acceptors (Lipinski definition) is 8. The Bertz CT molecular complexity index is 1970. The minimum atomic E-state index is -3.97. The highest BCUT2D eigenvalue weighted by Crippen LogP contribution is 2.18. The molecule has 272 valence electrons. The Labute approximate surface area is 299 Å². The van der Waals surface area contributed by atoms with Crippen LogP contribution in [0.15, 0.2) is 107 Å². The molecule has 4 aromatic rings. The zero-order chi connectivity index (χ0) is 38.2. The predicted molar refractivity (Wildman–Crippen MR) is 181 cm³/mol. The molecule has 0 saturated heterocycles. The number of carbonyl (C=O) groups excluding carboxylic acids is 2. The third-order valence-corrected chi connectivity index (χ3v) is 9.16. The zero-order valence-corrected chi connectivity index (χ0v) is 29.8. The molecule has 4 rings (SSSR count).